The average molecular weight is 305 g/mol. The number of aromatic amines is 1. The van der Waals surface area contributed by atoms with Crippen molar-refractivity contribution in [2.24, 2.45) is 4.99 Å². The molecule has 0 saturated carbocycles. The minimum Gasteiger partial charge on any atom is -0.355 e. The fourth-order valence-electron chi connectivity index (χ4n) is 1.27. The van der Waals surface area contributed by atoms with Crippen molar-refractivity contribution in [3.63, 3.8) is 0 Å². The minimum atomic E-state index is -0.993. The Morgan fingerprint density at radius 2 is 2.42 bits per heavy atom. The van der Waals surface area contributed by atoms with E-state index in [1.54, 1.807) is 19.6 Å². The zero-order valence-electron chi connectivity index (χ0n) is 10.8. The number of hydrogen-bond acceptors (Lipinski definition) is 4. The Kier molecular flexibility index (Phi) is 8.57. The highest BCUT2D eigenvalue weighted by Gasteiger charge is 2.07. The number of nitriles is 1. The molecule has 1 aromatic rings. The molecule has 0 fully saturated rings. The molecule has 0 radical (unpaired) electrons. The molecule has 1 heterocycles. The maximum absolute atomic E-state index is 11.8. The third-order valence-corrected chi connectivity index (χ3v) is 3.51. The predicted octanol–water partition coefficient (Wildman–Crippen LogP) is 0.0347. The van der Waals surface area contributed by atoms with Crippen molar-refractivity contribution in [3.05, 3.63) is 17.7 Å². The molecule has 3 N–H and O–H groups in total. The van der Waals surface area contributed by atoms with Crippen molar-refractivity contribution >= 4 is 29.2 Å². The lowest BCUT2D eigenvalue weighted by molar-refractivity contribution is 0.680. The summed E-state index contributed by atoms with van der Waals surface area (Å²) in [5, 5.41) is 13.7. The molecule has 0 aliphatic heterocycles. The zero-order chi connectivity index (χ0) is 13.4. The molecular weight excluding hydrogens is 288 g/mol. The number of aromatic nitrogens is 2. The Hall–Kier alpha value is -1.59. The van der Waals surface area contributed by atoms with Gasteiger partial charge in [-0.15, -0.1) is 12.4 Å². The topological polar surface area (TPSA) is 106 Å². The van der Waals surface area contributed by atoms with Gasteiger partial charge in [-0.05, 0) is 6.92 Å². The van der Waals surface area contributed by atoms with Gasteiger partial charge in [-0.3, -0.25) is 14.5 Å². The standard InChI is InChI=1S/C10H16N6OS.ClH/c1-8-9(16-7-15-8)5-18(17)4-3-13-10(12-2)14-6-11;/h7H,3-5H2,1-2H3,(H,15,16)(H2,12,13,14);1H. The number of nitrogens with zero attached hydrogens (tertiary/aromatic N) is 3. The number of aliphatic imine (C=N–C) groups is 1. The lowest BCUT2D eigenvalue weighted by atomic mass is 10.4. The van der Waals surface area contributed by atoms with Crippen LogP contribution < -0.4 is 10.6 Å². The molecule has 0 saturated heterocycles. The summed E-state index contributed by atoms with van der Waals surface area (Å²) in [5.74, 6) is 1.28. The number of aryl methyl sites for hydroxylation is 1. The molecule has 0 aromatic carbocycles. The Labute approximate surface area is 120 Å². The van der Waals surface area contributed by atoms with Gasteiger partial charge in [-0.1, -0.05) is 0 Å². The third kappa shape index (κ3) is 6.22. The number of nitrogens with one attached hydrogen (secondary N) is 3. The van der Waals surface area contributed by atoms with Crippen LogP contribution in [0.2, 0.25) is 0 Å². The molecule has 9 heteroatoms. The van der Waals surface area contributed by atoms with Gasteiger partial charge in [0.05, 0.1) is 17.8 Å². The number of imidazole rings is 1. The van der Waals surface area contributed by atoms with Gasteiger partial charge in [0.2, 0.25) is 5.96 Å². The van der Waals surface area contributed by atoms with E-state index in [9.17, 15) is 4.21 Å². The normalized spacial score (nSPS) is 12.2. The van der Waals surface area contributed by atoms with Gasteiger partial charge in [0.15, 0.2) is 6.19 Å². The molecule has 0 aliphatic carbocycles. The average Bonchev–Trinajstić information content (AvgIpc) is 2.74. The monoisotopic (exact) mass is 304 g/mol. The molecule has 0 aliphatic rings. The fraction of sp³-hybridized carbons (Fsp3) is 0.500. The van der Waals surface area contributed by atoms with Crippen LogP contribution in [-0.2, 0) is 16.6 Å². The summed E-state index contributed by atoms with van der Waals surface area (Å²) in [4.78, 5) is 10.9. The lowest BCUT2D eigenvalue weighted by Crippen LogP contribution is -2.36. The summed E-state index contributed by atoms with van der Waals surface area (Å²) in [6.07, 6.45) is 3.36. The second kappa shape index (κ2) is 9.35. The summed E-state index contributed by atoms with van der Waals surface area (Å²) >= 11 is 0. The molecule has 1 atom stereocenters. The number of guanidine groups is 1. The Morgan fingerprint density at radius 3 is 2.95 bits per heavy atom. The van der Waals surface area contributed by atoms with Crippen LogP contribution >= 0.6 is 12.4 Å². The molecule has 1 rings (SSSR count). The molecule has 1 unspecified atom stereocenters. The number of hydrogen-bond donors (Lipinski definition) is 3. The van der Waals surface area contributed by atoms with E-state index in [4.69, 9.17) is 5.26 Å². The molecule has 1 aromatic heterocycles. The van der Waals surface area contributed by atoms with Gasteiger partial charge >= 0.3 is 0 Å². The highest BCUT2D eigenvalue weighted by molar-refractivity contribution is 7.84. The van der Waals surface area contributed by atoms with Crippen molar-refractivity contribution in [1.82, 2.24) is 20.6 Å². The van der Waals surface area contributed by atoms with E-state index in [2.05, 4.69) is 25.6 Å². The zero-order valence-corrected chi connectivity index (χ0v) is 12.4. The smallest absolute Gasteiger partial charge is 0.204 e. The molecule has 19 heavy (non-hydrogen) atoms. The summed E-state index contributed by atoms with van der Waals surface area (Å²) in [7, 11) is 0.573. The van der Waals surface area contributed by atoms with E-state index in [1.807, 2.05) is 6.92 Å². The van der Waals surface area contributed by atoms with E-state index in [0.717, 1.165) is 11.4 Å². The van der Waals surface area contributed by atoms with Crippen molar-refractivity contribution in [2.45, 2.75) is 12.7 Å². The highest BCUT2D eigenvalue weighted by atomic mass is 35.5. The van der Waals surface area contributed by atoms with Gasteiger partial charge in [-0.2, -0.15) is 5.26 Å². The first-order valence-corrected chi connectivity index (χ1v) is 6.85. The summed E-state index contributed by atoms with van der Waals surface area (Å²) in [6, 6.07) is 0. The number of H-pyrrole nitrogens is 1. The van der Waals surface area contributed by atoms with Crippen molar-refractivity contribution < 1.29 is 4.21 Å². The van der Waals surface area contributed by atoms with Crippen LogP contribution in [-0.4, -0.2) is 39.5 Å². The lowest BCUT2D eigenvalue weighted by Gasteiger charge is -2.06. The molecule has 0 bridgehead atoms. The molecular formula is C10H17ClN6OS. The van der Waals surface area contributed by atoms with Crippen LogP contribution in [0.4, 0.5) is 0 Å². The van der Waals surface area contributed by atoms with Crippen LogP contribution in [0.15, 0.2) is 11.3 Å². The molecule has 106 valence electrons. The number of rotatable bonds is 5. The van der Waals surface area contributed by atoms with E-state index in [0.29, 0.717) is 24.0 Å². The first kappa shape index (κ1) is 17.4. The van der Waals surface area contributed by atoms with E-state index < -0.39 is 10.8 Å². The predicted molar refractivity (Wildman–Crippen MR) is 77.4 cm³/mol. The van der Waals surface area contributed by atoms with Gasteiger partial charge in [0, 0.05) is 35.8 Å². The van der Waals surface area contributed by atoms with Crippen LogP contribution in [0.25, 0.3) is 0 Å². The summed E-state index contributed by atoms with van der Waals surface area (Å²) in [5.41, 5.74) is 1.77. The Balaban J connectivity index is 0.00000324. The number of halogens is 1. The summed E-state index contributed by atoms with van der Waals surface area (Å²) in [6.45, 7) is 2.38. The van der Waals surface area contributed by atoms with Crippen LogP contribution in [0.1, 0.15) is 11.4 Å². The minimum absolute atomic E-state index is 0. The van der Waals surface area contributed by atoms with Crippen LogP contribution in [0.5, 0.6) is 0 Å². The van der Waals surface area contributed by atoms with E-state index in [1.165, 1.54) is 0 Å². The highest BCUT2D eigenvalue weighted by Crippen LogP contribution is 2.03. The Bertz CT molecular complexity index is 481. The molecule has 0 spiro atoms. The van der Waals surface area contributed by atoms with Gasteiger partial charge in [0.25, 0.3) is 0 Å². The quantitative estimate of drug-likeness (QED) is 0.308. The Morgan fingerprint density at radius 1 is 1.68 bits per heavy atom. The van der Waals surface area contributed by atoms with Crippen LogP contribution in [0.3, 0.4) is 0 Å². The first-order valence-electron chi connectivity index (χ1n) is 5.37. The second-order valence-electron chi connectivity index (χ2n) is 3.50. The first-order chi connectivity index (χ1) is 8.67. The second-order valence-corrected chi connectivity index (χ2v) is 5.07. The van der Waals surface area contributed by atoms with Crippen molar-refractivity contribution in [1.29, 1.82) is 5.26 Å². The van der Waals surface area contributed by atoms with E-state index >= 15 is 0 Å². The SMILES string of the molecule is CN=C(NC#N)NCCS(=O)Cc1nc[nH]c1C.Cl. The maximum atomic E-state index is 11.8. The van der Waals surface area contributed by atoms with Gasteiger partial charge in [0.1, 0.15) is 0 Å². The van der Waals surface area contributed by atoms with Gasteiger partial charge in [-0.25, -0.2) is 4.98 Å². The fourth-order valence-corrected chi connectivity index (χ4v) is 2.34. The van der Waals surface area contributed by atoms with Crippen molar-refractivity contribution in [3.8, 4) is 6.19 Å². The van der Waals surface area contributed by atoms with Gasteiger partial charge < -0.3 is 10.3 Å². The molecule has 0 amide bonds. The molecule has 7 nitrogen and oxygen atoms in total. The largest absolute Gasteiger partial charge is 0.355 e. The summed E-state index contributed by atoms with van der Waals surface area (Å²) < 4.78 is 11.8. The van der Waals surface area contributed by atoms with E-state index in [-0.39, 0.29) is 12.4 Å². The van der Waals surface area contributed by atoms with Crippen LogP contribution in [0, 0.1) is 18.4 Å². The third-order valence-electron chi connectivity index (χ3n) is 2.25. The maximum Gasteiger partial charge on any atom is 0.204 e. The van der Waals surface area contributed by atoms with Crippen molar-refractivity contribution in [2.75, 3.05) is 19.3 Å².